The lowest BCUT2D eigenvalue weighted by Gasteiger charge is -2.07. The Labute approximate surface area is 128 Å². The number of hydrogen-bond donors (Lipinski definition) is 0. The van der Waals surface area contributed by atoms with Crippen LogP contribution in [0.15, 0.2) is 48.5 Å². The number of epoxide rings is 1. The van der Waals surface area contributed by atoms with E-state index < -0.39 is 5.97 Å². The second kappa shape index (κ2) is 6.49. The van der Waals surface area contributed by atoms with E-state index in [1.807, 2.05) is 0 Å². The van der Waals surface area contributed by atoms with Gasteiger partial charge < -0.3 is 18.9 Å². The molecule has 1 fully saturated rings. The maximum absolute atomic E-state index is 12.0. The number of benzene rings is 2. The molecule has 1 unspecified atom stereocenters. The molecule has 0 aliphatic carbocycles. The molecule has 2 aromatic carbocycles. The average molecular weight is 300 g/mol. The van der Waals surface area contributed by atoms with Crippen molar-refractivity contribution >= 4 is 5.97 Å². The first-order chi connectivity index (χ1) is 10.7. The molecule has 5 nitrogen and oxygen atoms in total. The molecule has 1 heterocycles. The number of carbonyl (C=O) groups excluding carboxylic acids is 1. The molecule has 0 N–H and O–H groups in total. The van der Waals surface area contributed by atoms with Crippen LogP contribution >= 0.6 is 0 Å². The zero-order valence-corrected chi connectivity index (χ0v) is 12.2. The van der Waals surface area contributed by atoms with Crippen molar-refractivity contribution in [2.75, 3.05) is 20.3 Å². The highest BCUT2D eigenvalue weighted by molar-refractivity contribution is 5.91. The van der Waals surface area contributed by atoms with Gasteiger partial charge >= 0.3 is 5.97 Å². The predicted octanol–water partition coefficient (Wildman–Crippen LogP) is 2.69. The van der Waals surface area contributed by atoms with Crippen LogP contribution in [0.3, 0.4) is 0 Å². The van der Waals surface area contributed by atoms with E-state index in [2.05, 4.69) is 0 Å². The van der Waals surface area contributed by atoms with Gasteiger partial charge in [-0.1, -0.05) is 0 Å². The Bertz CT molecular complexity index is 629. The number of hydrogen-bond acceptors (Lipinski definition) is 5. The summed E-state index contributed by atoms with van der Waals surface area (Å²) >= 11 is 0. The SMILES string of the molecule is COc1ccc(C(=O)Oc2ccc(OCC3CO3)cc2)cc1. The molecule has 1 aliphatic rings. The van der Waals surface area contributed by atoms with Crippen molar-refractivity contribution in [3.63, 3.8) is 0 Å². The lowest BCUT2D eigenvalue weighted by molar-refractivity contribution is 0.0734. The lowest BCUT2D eigenvalue weighted by Crippen LogP contribution is -2.08. The van der Waals surface area contributed by atoms with Gasteiger partial charge in [-0.2, -0.15) is 0 Å². The Morgan fingerprint density at radius 3 is 2.23 bits per heavy atom. The van der Waals surface area contributed by atoms with Crippen LogP contribution in [-0.2, 0) is 4.74 Å². The van der Waals surface area contributed by atoms with E-state index in [0.717, 1.165) is 12.4 Å². The first-order valence-electron chi connectivity index (χ1n) is 6.95. The molecule has 22 heavy (non-hydrogen) atoms. The fraction of sp³-hybridized carbons (Fsp3) is 0.235. The van der Waals surface area contributed by atoms with Crippen molar-refractivity contribution < 1.29 is 23.7 Å². The molecular weight excluding hydrogens is 284 g/mol. The summed E-state index contributed by atoms with van der Waals surface area (Å²) in [6, 6.07) is 13.7. The summed E-state index contributed by atoms with van der Waals surface area (Å²) in [6.07, 6.45) is 0.215. The van der Waals surface area contributed by atoms with E-state index in [0.29, 0.717) is 23.7 Å². The minimum Gasteiger partial charge on any atom is -0.497 e. The standard InChI is InChI=1S/C17H16O5/c1-19-13-4-2-12(3-5-13)17(18)22-15-8-6-14(7-9-15)20-10-16-11-21-16/h2-9,16H,10-11H2,1H3. The number of ether oxygens (including phenoxy) is 4. The fourth-order valence-electron chi connectivity index (χ4n) is 1.85. The van der Waals surface area contributed by atoms with Gasteiger partial charge in [0.15, 0.2) is 0 Å². The topological polar surface area (TPSA) is 57.3 Å². The van der Waals surface area contributed by atoms with Gasteiger partial charge in [-0.3, -0.25) is 0 Å². The van der Waals surface area contributed by atoms with Crippen LogP contribution in [0.5, 0.6) is 17.2 Å². The van der Waals surface area contributed by atoms with E-state index in [4.69, 9.17) is 18.9 Å². The molecule has 0 spiro atoms. The Hall–Kier alpha value is -2.53. The maximum atomic E-state index is 12.0. The third-order valence-electron chi connectivity index (χ3n) is 3.20. The fourth-order valence-corrected chi connectivity index (χ4v) is 1.85. The van der Waals surface area contributed by atoms with E-state index in [9.17, 15) is 4.79 Å². The van der Waals surface area contributed by atoms with Crippen LogP contribution in [-0.4, -0.2) is 32.4 Å². The van der Waals surface area contributed by atoms with Crippen LogP contribution in [0.1, 0.15) is 10.4 Å². The first kappa shape index (κ1) is 14.4. The number of carbonyl (C=O) groups is 1. The molecule has 2 aromatic rings. The Morgan fingerprint density at radius 2 is 1.64 bits per heavy atom. The van der Waals surface area contributed by atoms with E-state index in [1.165, 1.54) is 0 Å². The Kier molecular flexibility index (Phi) is 4.25. The normalized spacial score (nSPS) is 16.0. The number of rotatable bonds is 6. The molecule has 3 rings (SSSR count). The predicted molar refractivity (Wildman–Crippen MR) is 79.6 cm³/mol. The Morgan fingerprint density at radius 1 is 1.05 bits per heavy atom. The summed E-state index contributed by atoms with van der Waals surface area (Å²) in [4.78, 5) is 12.0. The zero-order chi connectivity index (χ0) is 15.4. The van der Waals surface area contributed by atoms with E-state index in [-0.39, 0.29) is 6.10 Å². The molecule has 114 valence electrons. The smallest absolute Gasteiger partial charge is 0.343 e. The second-order valence-corrected chi connectivity index (χ2v) is 4.86. The molecule has 1 aliphatic heterocycles. The van der Waals surface area contributed by atoms with Gasteiger partial charge in [-0.25, -0.2) is 4.79 Å². The third kappa shape index (κ3) is 3.77. The lowest BCUT2D eigenvalue weighted by atomic mass is 10.2. The van der Waals surface area contributed by atoms with Crippen molar-refractivity contribution in [3.8, 4) is 17.2 Å². The van der Waals surface area contributed by atoms with E-state index in [1.54, 1.807) is 55.6 Å². The summed E-state index contributed by atoms with van der Waals surface area (Å²) in [5.74, 6) is 1.47. The van der Waals surface area contributed by atoms with Gasteiger partial charge in [0.05, 0.1) is 19.3 Å². The van der Waals surface area contributed by atoms with E-state index >= 15 is 0 Å². The van der Waals surface area contributed by atoms with Crippen LogP contribution in [0.2, 0.25) is 0 Å². The monoisotopic (exact) mass is 300 g/mol. The highest BCUT2D eigenvalue weighted by Gasteiger charge is 2.23. The average Bonchev–Trinajstić information content (AvgIpc) is 3.38. The first-order valence-corrected chi connectivity index (χ1v) is 6.95. The molecular formula is C17H16O5. The van der Waals surface area contributed by atoms with Crippen molar-refractivity contribution in [2.24, 2.45) is 0 Å². The molecule has 0 bridgehead atoms. The minimum atomic E-state index is -0.414. The van der Waals surface area contributed by atoms with Crippen LogP contribution in [0.4, 0.5) is 0 Å². The third-order valence-corrected chi connectivity index (χ3v) is 3.20. The zero-order valence-electron chi connectivity index (χ0n) is 12.2. The maximum Gasteiger partial charge on any atom is 0.343 e. The van der Waals surface area contributed by atoms with Gasteiger partial charge in [-0.15, -0.1) is 0 Å². The van der Waals surface area contributed by atoms with Gasteiger partial charge in [0, 0.05) is 0 Å². The molecule has 1 atom stereocenters. The van der Waals surface area contributed by atoms with Crippen molar-refractivity contribution in [1.82, 2.24) is 0 Å². The summed E-state index contributed by atoms with van der Waals surface area (Å²) in [6.45, 7) is 1.31. The molecule has 1 saturated heterocycles. The van der Waals surface area contributed by atoms with Gasteiger partial charge in [0.1, 0.15) is 30.0 Å². The van der Waals surface area contributed by atoms with Crippen molar-refractivity contribution in [1.29, 1.82) is 0 Å². The van der Waals surface area contributed by atoms with Crippen LogP contribution < -0.4 is 14.2 Å². The minimum absolute atomic E-state index is 0.215. The largest absolute Gasteiger partial charge is 0.497 e. The number of methoxy groups -OCH3 is 1. The van der Waals surface area contributed by atoms with Crippen molar-refractivity contribution in [3.05, 3.63) is 54.1 Å². The highest BCUT2D eigenvalue weighted by Crippen LogP contribution is 2.20. The van der Waals surface area contributed by atoms with Gasteiger partial charge in [0.2, 0.25) is 0 Å². The summed E-state index contributed by atoms with van der Waals surface area (Å²) in [5, 5.41) is 0. The second-order valence-electron chi connectivity index (χ2n) is 4.86. The highest BCUT2D eigenvalue weighted by atomic mass is 16.6. The molecule has 0 radical (unpaired) electrons. The van der Waals surface area contributed by atoms with Crippen molar-refractivity contribution in [2.45, 2.75) is 6.10 Å². The number of esters is 1. The van der Waals surface area contributed by atoms with Crippen LogP contribution in [0.25, 0.3) is 0 Å². The molecule has 0 aromatic heterocycles. The Balaban J connectivity index is 1.57. The summed E-state index contributed by atoms with van der Waals surface area (Å²) in [7, 11) is 1.58. The van der Waals surface area contributed by atoms with Gasteiger partial charge in [-0.05, 0) is 48.5 Å². The summed E-state index contributed by atoms with van der Waals surface area (Å²) in [5.41, 5.74) is 0.465. The molecule has 0 amide bonds. The molecule has 0 saturated carbocycles. The summed E-state index contributed by atoms with van der Waals surface area (Å²) < 4.78 is 20.9. The van der Waals surface area contributed by atoms with Crippen LogP contribution in [0, 0.1) is 0 Å². The van der Waals surface area contributed by atoms with Gasteiger partial charge in [0.25, 0.3) is 0 Å². The molecule has 5 heteroatoms. The quantitative estimate of drug-likeness (QED) is 0.466.